The second-order valence-electron chi connectivity index (χ2n) is 3.28. The molecule has 4 heteroatoms. The summed E-state index contributed by atoms with van der Waals surface area (Å²) in [5, 5.41) is 0. The third kappa shape index (κ3) is 0.807. The summed E-state index contributed by atoms with van der Waals surface area (Å²) in [4.78, 5) is 12.9. The highest BCUT2D eigenvalue weighted by Crippen LogP contribution is 2.35. The molecule has 2 radical (unpaired) electrons. The first kappa shape index (κ1) is 7.71. The molecule has 0 spiro atoms. The highest BCUT2D eigenvalue weighted by molar-refractivity contribution is 6.18. The normalized spacial score (nSPS) is 39.5. The smallest absolute Gasteiger partial charge is 0.410 e. The van der Waals surface area contributed by atoms with Crippen molar-refractivity contribution in [2.45, 2.75) is 24.4 Å². The van der Waals surface area contributed by atoms with Gasteiger partial charge in [-0.05, 0) is 12.8 Å². The van der Waals surface area contributed by atoms with Crippen LogP contribution in [0, 0.1) is 0 Å². The molecule has 0 aromatic carbocycles. The van der Waals surface area contributed by atoms with Gasteiger partial charge < -0.3 is 9.64 Å². The first-order valence-electron chi connectivity index (χ1n) is 4.09. The second-order valence-corrected chi connectivity index (χ2v) is 3.28. The molecule has 2 rings (SSSR count). The minimum atomic E-state index is -0.951. The molecule has 2 aliphatic heterocycles. The maximum absolute atomic E-state index is 11.2. The number of nitrogens with zero attached hydrogens (tertiary/aromatic N) is 1. The quantitative estimate of drug-likeness (QED) is 0.419. The molecule has 0 saturated carbocycles. The Morgan fingerprint density at radius 3 is 3.25 bits per heavy atom. The van der Waals surface area contributed by atoms with Crippen LogP contribution in [0.3, 0.4) is 0 Å². The van der Waals surface area contributed by atoms with E-state index in [2.05, 4.69) is 6.58 Å². The van der Waals surface area contributed by atoms with Crippen molar-refractivity contribution in [3.05, 3.63) is 12.7 Å². The lowest BCUT2D eigenvalue weighted by Crippen LogP contribution is -2.40. The number of fused-ring (bicyclic) bond motifs is 1. The topological polar surface area (TPSA) is 29.5 Å². The molecule has 0 aromatic heterocycles. The van der Waals surface area contributed by atoms with Gasteiger partial charge in [-0.3, -0.25) is 0 Å². The van der Waals surface area contributed by atoms with Crippen LogP contribution in [-0.4, -0.2) is 36.9 Å². The van der Waals surface area contributed by atoms with Crippen molar-refractivity contribution in [1.29, 1.82) is 0 Å². The van der Waals surface area contributed by atoms with Crippen molar-refractivity contribution in [2.75, 3.05) is 6.54 Å². The van der Waals surface area contributed by atoms with Gasteiger partial charge in [-0.1, -0.05) is 12.7 Å². The minimum Gasteiger partial charge on any atom is -0.447 e. The van der Waals surface area contributed by atoms with Gasteiger partial charge in [-0.2, -0.15) is 0 Å². The van der Waals surface area contributed by atoms with Gasteiger partial charge in [0.05, 0.1) is 6.04 Å². The molecule has 2 fully saturated rings. The van der Waals surface area contributed by atoms with Crippen LogP contribution in [0.4, 0.5) is 4.79 Å². The predicted molar refractivity (Wildman–Crippen MR) is 44.9 cm³/mol. The summed E-state index contributed by atoms with van der Waals surface area (Å²) in [6, 6.07) is 0.00231. The van der Waals surface area contributed by atoms with Crippen molar-refractivity contribution in [1.82, 2.24) is 4.90 Å². The van der Waals surface area contributed by atoms with Gasteiger partial charge in [0, 0.05) is 6.54 Å². The van der Waals surface area contributed by atoms with E-state index in [1.807, 2.05) is 0 Å². The summed E-state index contributed by atoms with van der Waals surface area (Å²) in [6.45, 7) is 4.34. The number of carbonyl (C=O) groups is 1. The number of hydrogen-bond donors (Lipinski definition) is 0. The third-order valence-electron chi connectivity index (χ3n) is 2.59. The number of ether oxygens (including phenoxy) is 1. The molecule has 1 amide bonds. The van der Waals surface area contributed by atoms with Crippen LogP contribution in [0.5, 0.6) is 0 Å². The van der Waals surface area contributed by atoms with E-state index in [4.69, 9.17) is 12.6 Å². The van der Waals surface area contributed by atoms with E-state index < -0.39 is 5.50 Å². The Bertz CT molecular complexity index is 243. The van der Waals surface area contributed by atoms with Crippen LogP contribution < -0.4 is 0 Å². The fourth-order valence-corrected chi connectivity index (χ4v) is 1.91. The summed E-state index contributed by atoms with van der Waals surface area (Å²) in [7, 11) is 5.83. The Labute approximate surface area is 72.8 Å². The number of amides is 1. The molecule has 0 unspecified atom stereocenters. The molecular weight excluding hydrogens is 153 g/mol. The lowest BCUT2D eigenvalue weighted by atomic mass is 9.75. The van der Waals surface area contributed by atoms with Crippen molar-refractivity contribution in [3.8, 4) is 0 Å². The van der Waals surface area contributed by atoms with Crippen molar-refractivity contribution < 1.29 is 9.53 Å². The summed E-state index contributed by atoms with van der Waals surface area (Å²) in [5.74, 6) is 0. The van der Waals surface area contributed by atoms with E-state index in [0.29, 0.717) is 0 Å². The zero-order valence-corrected chi connectivity index (χ0v) is 6.82. The van der Waals surface area contributed by atoms with Gasteiger partial charge in [0.2, 0.25) is 0 Å². The van der Waals surface area contributed by atoms with Crippen LogP contribution in [0.2, 0.25) is 0 Å². The Balaban J connectivity index is 2.30. The molecule has 2 heterocycles. The van der Waals surface area contributed by atoms with E-state index in [-0.39, 0.29) is 12.1 Å². The fraction of sp³-hybridized carbons (Fsp3) is 0.625. The maximum Gasteiger partial charge on any atom is 0.410 e. The van der Waals surface area contributed by atoms with Gasteiger partial charge in [0.1, 0.15) is 13.3 Å². The van der Waals surface area contributed by atoms with Crippen LogP contribution >= 0.6 is 0 Å². The van der Waals surface area contributed by atoms with Crippen molar-refractivity contribution in [3.63, 3.8) is 0 Å². The van der Waals surface area contributed by atoms with Crippen LogP contribution in [0.25, 0.3) is 0 Å². The summed E-state index contributed by atoms with van der Waals surface area (Å²) >= 11 is 0. The highest BCUT2D eigenvalue weighted by atomic mass is 16.6. The number of hydrogen-bond acceptors (Lipinski definition) is 2. The largest absolute Gasteiger partial charge is 0.447 e. The van der Waals surface area contributed by atoms with Crippen molar-refractivity contribution in [2.24, 2.45) is 0 Å². The molecule has 0 N–H and O–H groups in total. The van der Waals surface area contributed by atoms with E-state index in [0.717, 1.165) is 19.4 Å². The van der Waals surface area contributed by atoms with E-state index in [1.165, 1.54) is 6.08 Å². The summed E-state index contributed by atoms with van der Waals surface area (Å²) in [5.41, 5.74) is -0.951. The lowest BCUT2D eigenvalue weighted by molar-refractivity contribution is 0.127. The first-order chi connectivity index (χ1) is 5.67. The van der Waals surface area contributed by atoms with Gasteiger partial charge in [0.15, 0.2) is 0 Å². The van der Waals surface area contributed by atoms with Gasteiger partial charge in [-0.15, -0.1) is 0 Å². The molecule has 2 atom stereocenters. The average molecular weight is 163 g/mol. The van der Waals surface area contributed by atoms with Crippen LogP contribution in [-0.2, 0) is 4.74 Å². The Hall–Kier alpha value is -0.925. The SMILES string of the molecule is [B][C@]1(C=C)OC(=O)N2CCC[C@H]21. The highest BCUT2D eigenvalue weighted by Gasteiger charge is 2.50. The fourth-order valence-electron chi connectivity index (χ4n) is 1.91. The van der Waals surface area contributed by atoms with Crippen molar-refractivity contribution >= 4 is 13.9 Å². The summed E-state index contributed by atoms with van der Waals surface area (Å²) in [6.07, 6.45) is 3.13. The van der Waals surface area contributed by atoms with E-state index in [1.54, 1.807) is 4.90 Å². The Morgan fingerprint density at radius 1 is 1.83 bits per heavy atom. The van der Waals surface area contributed by atoms with Crippen LogP contribution in [0.1, 0.15) is 12.8 Å². The monoisotopic (exact) mass is 163 g/mol. The predicted octanol–water partition coefficient (Wildman–Crippen LogP) is 0.652. The molecule has 0 bridgehead atoms. The lowest BCUT2D eigenvalue weighted by Gasteiger charge is -2.24. The third-order valence-corrected chi connectivity index (χ3v) is 2.59. The Kier molecular flexibility index (Phi) is 1.47. The molecule has 0 aliphatic carbocycles. The molecule has 12 heavy (non-hydrogen) atoms. The number of cyclic esters (lactones) is 1. The standard InChI is InChI=1S/C8H10BNO2/c1-2-8(9)6-4-3-5-10(6)7(11)12-8/h2,6H,1,3-5H2/t6-,8+/m0/s1. The molecule has 3 nitrogen and oxygen atoms in total. The molecule has 2 aliphatic rings. The van der Waals surface area contributed by atoms with E-state index in [9.17, 15) is 4.79 Å². The maximum atomic E-state index is 11.2. The first-order valence-corrected chi connectivity index (χ1v) is 4.09. The number of carbonyl (C=O) groups excluding carboxylic acids is 1. The van der Waals surface area contributed by atoms with Crippen LogP contribution in [0.15, 0.2) is 12.7 Å². The van der Waals surface area contributed by atoms with Gasteiger partial charge >= 0.3 is 6.09 Å². The summed E-state index contributed by atoms with van der Waals surface area (Å²) < 4.78 is 5.01. The second kappa shape index (κ2) is 2.28. The molecular formula is C8H10BNO2. The molecule has 0 aromatic rings. The zero-order valence-electron chi connectivity index (χ0n) is 6.82. The average Bonchev–Trinajstić information content (AvgIpc) is 2.58. The number of rotatable bonds is 1. The zero-order chi connectivity index (χ0) is 8.77. The van der Waals surface area contributed by atoms with Gasteiger partial charge in [0.25, 0.3) is 0 Å². The minimum absolute atomic E-state index is 0.00231. The molecule has 62 valence electrons. The molecule has 2 saturated heterocycles. The van der Waals surface area contributed by atoms with E-state index >= 15 is 0 Å². The Morgan fingerprint density at radius 2 is 2.58 bits per heavy atom. The van der Waals surface area contributed by atoms with Gasteiger partial charge in [-0.25, -0.2) is 4.79 Å².